The summed E-state index contributed by atoms with van der Waals surface area (Å²) in [5.74, 6) is 1.15. The minimum atomic E-state index is -4.46. The van der Waals surface area contributed by atoms with Crippen molar-refractivity contribution in [2.24, 2.45) is 0 Å². The van der Waals surface area contributed by atoms with Crippen LogP contribution in [-0.2, 0) is 12.7 Å². The van der Waals surface area contributed by atoms with Crippen molar-refractivity contribution in [3.8, 4) is 0 Å². The fourth-order valence-electron chi connectivity index (χ4n) is 3.10. The summed E-state index contributed by atoms with van der Waals surface area (Å²) >= 11 is 4.65. The average molecular weight is 505 g/mol. The molecule has 2 aromatic heterocycles. The van der Waals surface area contributed by atoms with E-state index in [0.717, 1.165) is 27.7 Å². The number of nitrogens with zero attached hydrogens (tertiary/aromatic N) is 1. The number of thioether (sulfide) groups is 2. The van der Waals surface area contributed by atoms with Gasteiger partial charge < -0.3 is 5.32 Å². The van der Waals surface area contributed by atoms with Gasteiger partial charge >= 0.3 is 6.18 Å². The Morgan fingerprint density at radius 3 is 2.48 bits per heavy atom. The first-order valence-electron chi connectivity index (χ1n) is 10.0. The van der Waals surface area contributed by atoms with Crippen LogP contribution in [0.3, 0.4) is 0 Å². The monoisotopic (exact) mass is 504 g/mol. The van der Waals surface area contributed by atoms with Crippen molar-refractivity contribution in [2.75, 3.05) is 11.5 Å². The summed E-state index contributed by atoms with van der Waals surface area (Å²) in [5.41, 5.74) is -0.0504. The van der Waals surface area contributed by atoms with Gasteiger partial charge in [-0.25, -0.2) is 4.98 Å². The number of pyridine rings is 1. The van der Waals surface area contributed by atoms with Gasteiger partial charge in [-0.2, -0.15) is 13.2 Å². The molecule has 2 heterocycles. The topological polar surface area (TPSA) is 42.0 Å². The molecule has 170 valence electrons. The van der Waals surface area contributed by atoms with Crippen molar-refractivity contribution in [1.29, 1.82) is 0 Å². The van der Waals surface area contributed by atoms with E-state index < -0.39 is 11.7 Å². The highest BCUT2D eigenvalue weighted by Crippen LogP contribution is 2.33. The lowest BCUT2D eigenvalue weighted by Gasteiger charge is -2.12. The highest BCUT2D eigenvalue weighted by Gasteiger charge is 2.30. The number of carbonyl (C=O) groups excluding carboxylic acids is 1. The number of nitrogens with one attached hydrogen (secondary N) is 1. The first kappa shape index (κ1) is 23.7. The third-order valence-electron chi connectivity index (χ3n) is 4.69. The summed E-state index contributed by atoms with van der Waals surface area (Å²) in [6, 6.07) is 18.7. The second-order valence-electron chi connectivity index (χ2n) is 7.02. The number of benzene rings is 2. The van der Waals surface area contributed by atoms with Crippen LogP contribution in [0, 0.1) is 0 Å². The van der Waals surface area contributed by atoms with Crippen molar-refractivity contribution < 1.29 is 18.0 Å². The predicted molar refractivity (Wildman–Crippen MR) is 130 cm³/mol. The third kappa shape index (κ3) is 6.31. The number of fused-ring (bicyclic) bond motifs is 1. The number of amides is 1. The minimum Gasteiger partial charge on any atom is -0.347 e. The van der Waals surface area contributed by atoms with Gasteiger partial charge in [-0.05, 0) is 47.8 Å². The molecule has 9 heteroatoms. The van der Waals surface area contributed by atoms with Crippen LogP contribution < -0.4 is 5.32 Å². The number of aromatic nitrogens is 1. The number of hydrogen-bond donors (Lipinski definition) is 1. The molecular weight excluding hydrogens is 485 g/mol. The summed E-state index contributed by atoms with van der Waals surface area (Å²) in [5, 5.41) is 5.58. The molecule has 0 aliphatic heterocycles. The highest BCUT2D eigenvalue weighted by atomic mass is 32.2. The molecule has 2 aromatic carbocycles. The molecule has 1 amide bonds. The van der Waals surface area contributed by atoms with Gasteiger partial charge in [0, 0.05) is 26.7 Å². The maximum atomic E-state index is 13.2. The summed E-state index contributed by atoms with van der Waals surface area (Å²) in [4.78, 5) is 19.6. The Kier molecular flexibility index (Phi) is 7.62. The largest absolute Gasteiger partial charge is 0.416 e. The van der Waals surface area contributed by atoms with Gasteiger partial charge in [-0.15, -0.1) is 34.9 Å². The third-order valence-corrected chi connectivity index (χ3v) is 7.83. The van der Waals surface area contributed by atoms with Crippen LogP contribution in [0.1, 0.15) is 20.8 Å². The van der Waals surface area contributed by atoms with Crippen molar-refractivity contribution in [3.63, 3.8) is 0 Å². The van der Waals surface area contributed by atoms with E-state index in [-0.39, 0.29) is 16.9 Å². The molecule has 1 N–H and O–H groups in total. The maximum Gasteiger partial charge on any atom is 0.416 e. The summed E-state index contributed by atoms with van der Waals surface area (Å²) in [6.45, 7) is 0.352. The Labute approximate surface area is 201 Å². The van der Waals surface area contributed by atoms with Crippen molar-refractivity contribution in [2.45, 2.75) is 22.6 Å². The van der Waals surface area contributed by atoms with E-state index in [2.05, 4.69) is 10.3 Å². The number of hydrogen-bond acceptors (Lipinski definition) is 5. The molecule has 0 radical (unpaired) electrons. The van der Waals surface area contributed by atoms with Gasteiger partial charge in [-0.1, -0.05) is 24.3 Å². The van der Waals surface area contributed by atoms with Gasteiger partial charge in [0.1, 0.15) is 5.03 Å². The first-order valence-corrected chi connectivity index (χ1v) is 12.9. The number of halogens is 3. The van der Waals surface area contributed by atoms with Crippen LogP contribution in [0.4, 0.5) is 13.2 Å². The second kappa shape index (κ2) is 10.6. The fraction of sp³-hybridized carbons (Fsp3) is 0.167. The molecular formula is C24H19F3N2OS3. The van der Waals surface area contributed by atoms with Gasteiger partial charge in [0.25, 0.3) is 5.91 Å². The molecule has 0 aliphatic carbocycles. The molecule has 0 atom stereocenters. The minimum absolute atomic E-state index is 0.285. The molecule has 0 saturated heterocycles. The Hall–Kier alpha value is -2.49. The van der Waals surface area contributed by atoms with E-state index in [9.17, 15) is 18.0 Å². The zero-order valence-electron chi connectivity index (χ0n) is 17.3. The second-order valence-corrected chi connectivity index (χ2v) is 10.3. The summed E-state index contributed by atoms with van der Waals surface area (Å²) in [7, 11) is 0. The van der Waals surface area contributed by atoms with Crippen LogP contribution in [0.15, 0.2) is 82.0 Å². The standard InChI is InChI=1S/C24H19F3N2OS3/c25-24(26,27)17-8-9-21-16(13-17)14-20(22(30)28-15-19-7-4-10-31-19)23(29-21)33-12-11-32-18-5-2-1-3-6-18/h1-10,13-14H,11-12,15H2,(H,28,30). The van der Waals surface area contributed by atoms with E-state index in [1.807, 2.05) is 47.8 Å². The quantitative estimate of drug-likeness (QED) is 0.205. The smallest absolute Gasteiger partial charge is 0.347 e. The molecule has 0 fully saturated rings. The van der Waals surface area contributed by atoms with Crippen LogP contribution >= 0.6 is 34.9 Å². The van der Waals surface area contributed by atoms with Crippen LogP contribution in [-0.4, -0.2) is 22.4 Å². The fourth-order valence-corrected chi connectivity index (χ4v) is 5.66. The highest BCUT2D eigenvalue weighted by molar-refractivity contribution is 8.03. The number of carbonyl (C=O) groups is 1. The van der Waals surface area contributed by atoms with Crippen LogP contribution in [0.25, 0.3) is 10.9 Å². The van der Waals surface area contributed by atoms with Gasteiger partial charge in [0.05, 0.1) is 23.2 Å². The maximum absolute atomic E-state index is 13.2. The molecule has 0 bridgehead atoms. The Balaban J connectivity index is 1.56. The van der Waals surface area contributed by atoms with E-state index in [1.165, 1.54) is 35.2 Å². The summed E-state index contributed by atoms with van der Waals surface area (Å²) < 4.78 is 39.5. The molecule has 4 aromatic rings. The number of alkyl halides is 3. The first-order chi connectivity index (χ1) is 15.9. The van der Waals surface area contributed by atoms with Crippen molar-refractivity contribution >= 4 is 51.7 Å². The van der Waals surface area contributed by atoms with Gasteiger partial charge in [-0.3, -0.25) is 4.79 Å². The van der Waals surface area contributed by atoms with E-state index in [0.29, 0.717) is 22.8 Å². The molecule has 0 saturated carbocycles. The molecule has 4 rings (SSSR count). The normalized spacial score (nSPS) is 11.6. The molecule has 3 nitrogen and oxygen atoms in total. The predicted octanol–water partition coefficient (Wildman–Crippen LogP) is 7.13. The lowest BCUT2D eigenvalue weighted by atomic mass is 10.1. The Morgan fingerprint density at radius 1 is 0.970 bits per heavy atom. The van der Waals surface area contributed by atoms with Crippen LogP contribution in [0.5, 0.6) is 0 Å². The zero-order chi connectivity index (χ0) is 23.3. The van der Waals surface area contributed by atoms with Crippen LogP contribution in [0.2, 0.25) is 0 Å². The zero-order valence-corrected chi connectivity index (χ0v) is 19.7. The lowest BCUT2D eigenvalue weighted by Crippen LogP contribution is -2.23. The Bertz CT molecular complexity index is 1230. The molecule has 0 spiro atoms. The average Bonchev–Trinajstić information content (AvgIpc) is 3.33. The molecule has 0 unspecified atom stereocenters. The van der Waals surface area contributed by atoms with Gasteiger partial charge in [0.15, 0.2) is 0 Å². The number of thiophene rings is 1. The summed E-state index contributed by atoms with van der Waals surface area (Å²) in [6.07, 6.45) is -4.46. The Morgan fingerprint density at radius 2 is 1.76 bits per heavy atom. The van der Waals surface area contributed by atoms with E-state index in [1.54, 1.807) is 11.8 Å². The van der Waals surface area contributed by atoms with Crippen molar-refractivity contribution in [1.82, 2.24) is 10.3 Å². The van der Waals surface area contributed by atoms with E-state index in [4.69, 9.17) is 0 Å². The SMILES string of the molecule is O=C(NCc1cccs1)c1cc2cc(C(F)(F)F)ccc2nc1SCCSc1ccccc1. The molecule has 0 aliphatic rings. The lowest BCUT2D eigenvalue weighted by molar-refractivity contribution is -0.137. The van der Waals surface area contributed by atoms with E-state index >= 15 is 0 Å². The molecule has 33 heavy (non-hydrogen) atoms. The van der Waals surface area contributed by atoms with Gasteiger partial charge in [0.2, 0.25) is 0 Å². The van der Waals surface area contributed by atoms with Crippen molar-refractivity contribution in [3.05, 3.63) is 88.1 Å². The number of rotatable bonds is 8.